The molecule has 19 heavy (non-hydrogen) atoms. The topological polar surface area (TPSA) is 71.7 Å². The van der Waals surface area contributed by atoms with Crippen molar-refractivity contribution in [2.45, 2.75) is 18.6 Å². The molecule has 2 N–H and O–H groups in total. The van der Waals surface area contributed by atoms with Gasteiger partial charge in [-0.25, -0.2) is 9.97 Å². The van der Waals surface area contributed by atoms with Gasteiger partial charge in [-0.15, -0.1) is 0 Å². The number of aromatic nitrogens is 3. The first-order chi connectivity index (χ1) is 9.16. The highest BCUT2D eigenvalue weighted by Gasteiger charge is 2.31. The smallest absolute Gasteiger partial charge is 0.155 e. The van der Waals surface area contributed by atoms with Crippen LogP contribution in [0.15, 0.2) is 23.2 Å². The van der Waals surface area contributed by atoms with Gasteiger partial charge in [0.05, 0.1) is 24.7 Å². The fraction of sp³-hybridized carbons (Fsp3) is 0.500. The second kappa shape index (κ2) is 5.16. The number of ether oxygens (including phenoxy) is 1. The van der Waals surface area contributed by atoms with E-state index in [4.69, 9.17) is 4.74 Å². The van der Waals surface area contributed by atoms with Crippen LogP contribution in [0.5, 0.6) is 0 Å². The third-order valence-electron chi connectivity index (χ3n) is 3.28. The van der Waals surface area contributed by atoms with Crippen molar-refractivity contribution < 1.29 is 9.84 Å². The van der Waals surface area contributed by atoms with E-state index in [-0.39, 0.29) is 0 Å². The molecule has 1 saturated heterocycles. The van der Waals surface area contributed by atoms with Crippen molar-refractivity contribution in [2.75, 3.05) is 19.8 Å². The highest BCUT2D eigenvalue weighted by molar-refractivity contribution is 9.10. The molecule has 3 heterocycles. The molecule has 2 aromatic heterocycles. The van der Waals surface area contributed by atoms with Gasteiger partial charge < -0.3 is 15.2 Å². The van der Waals surface area contributed by atoms with Crippen molar-refractivity contribution in [2.24, 2.45) is 0 Å². The van der Waals surface area contributed by atoms with Crippen LogP contribution in [0.3, 0.4) is 0 Å². The van der Waals surface area contributed by atoms with Crippen LogP contribution in [0.25, 0.3) is 5.65 Å². The molecule has 0 spiro atoms. The van der Waals surface area contributed by atoms with E-state index < -0.39 is 5.60 Å². The van der Waals surface area contributed by atoms with E-state index >= 15 is 0 Å². The number of aliphatic hydroxyl groups is 1. The van der Waals surface area contributed by atoms with Crippen molar-refractivity contribution >= 4 is 21.6 Å². The van der Waals surface area contributed by atoms with Crippen LogP contribution in [0.2, 0.25) is 0 Å². The van der Waals surface area contributed by atoms with Crippen molar-refractivity contribution in [3.63, 3.8) is 0 Å². The van der Waals surface area contributed by atoms with E-state index in [1.807, 2.05) is 16.8 Å². The molecule has 0 aromatic carbocycles. The first-order valence-corrected chi connectivity index (χ1v) is 6.94. The summed E-state index contributed by atoms with van der Waals surface area (Å²) in [5.41, 5.74) is 1.10. The van der Waals surface area contributed by atoms with Crippen molar-refractivity contribution in [3.05, 3.63) is 28.9 Å². The van der Waals surface area contributed by atoms with Gasteiger partial charge in [-0.2, -0.15) is 0 Å². The fourth-order valence-corrected chi connectivity index (χ4v) is 2.51. The second-order valence-corrected chi connectivity index (χ2v) is 5.63. The van der Waals surface area contributed by atoms with Gasteiger partial charge in [-0.05, 0) is 15.9 Å². The van der Waals surface area contributed by atoms with Gasteiger partial charge in [0.25, 0.3) is 0 Å². The molecule has 1 aliphatic heterocycles. The molecule has 0 aliphatic carbocycles. The van der Waals surface area contributed by atoms with E-state index in [1.165, 1.54) is 0 Å². The Balaban J connectivity index is 1.67. The molecule has 6 nitrogen and oxygen atoms in total. The minimum Gasteiger partial charge on any atom is -0.386 e. The number of hydrogen-bond acceptors (Lipinski definition) is 5. The minimum atomic E-state index is -0.734. The highest BCUT2D eigenvalue weighted by Crippen LogP contribution is 2.17. The number of nitrogens with zero attached hydrogens (tertiary/aromatic N) is 3. The first-order valence-electron chi connectivity index (χ1n) is 6.15. The summed E-state index contributed by atoms with van der Waals surface area (Å²) in [4.78, 5) is 8.41. The molecule has 0 radical (unpaired) electrons. The molecule has 0 amide bonds. The van der Waals surface area contributed by atoms with E-state index in [9.17, 15) is 5.11 Å². The third-order valence-corrected chi connectivity index (χ3v) is 3.69. The number of nitrogens with one attached hydrogen (secondary N) is 1. The Bertz CT molecular complexity index is 580. The summed E-state index contributed by atoms with van der Waals surface area (Å²) in [5, 5.41) is 13.4. The summed E-state index contributed by atoms with van der Waals surface area (Å²) in [6, 6.07) is 0. The lowest BCUT2D eigenvalue weighted by atomic mass is 10.0. The Morgan fingerprint density at radius 3 is 3.16 bits per heavy atom. The van der Waals surface area contributed by atoms with Gasteiger partial charge in [0.15, 0.2) is 5.65 Å². The second-order valence-electron chi connectivity index (χ2n) is 4.82. The predicted octanol–water partition coefficient (Wildman–Crippen LogP) is 0.733. The maximum Gasteiger partial charge on any atom is 0.155 e. The zero-order valence-corrected chi connectivity index (χ0v) is 11.9. The Labute approximate surface area is 118 Å². The van der Waals surface area contributed by atoms with E-state index in [2.05, 4.69) is 31.2 Å². The SMILES string of the molecule is OC1(CNCc2cnc3cnc(Br)cn23)CCOC1. The Kier molecular flexibility index (Phi) is 3.53. The van der Waals surface area contributed by atoms with Crippen molar-refractivity contribution in [1.29, 1.82) is 0 Å². The lowest BCUT2D eigenvalue weighted by Crippen LogP contribution is -2.40. The largest absolute Gasteiger partial charge is 0.386 e. The van der Waals surface area contributed by atoms with Crippen LogP contribution in [0, 0.1) is 0 Å². The number of fused-ring (bicyclic) bond motifs is 1. The number of imidazole rings is 1. The average molecular weight is 327 g/mol. The quantitative estimate of drug-likeness (QED) is 0.866. The summed E-state index contributed by atoms with van der Waals surface area (Å²) in [5.74, 6) is 0. The van der Waals surface area contributed by atoms with Gasteiger partial charge >= 0.3 is 0 Å². The summed E-state index contributed by atoms with van der Waals surface area (Å²) in [7, 11) is 0. The van der Waals surface area contributed by atoms with Gasteiger partial charge in [-0.3, -0.25) is 4.40 Å². The molecule has 102 valence electrons. The lowest BCUT2D eigenvalue weighted by Gasteiger charge is -2.20. The minimum absolute atomic E-state index is 0.405. The van der Waals surface area contributed by atoms with Crippen LogP contribution in [0.1, 0.15) is 12.1 Å². The number of hydrogen-bond donors (Lipinski definition) is 2. The van der Waals surface area contributed by atoms with Crippen LogP contribution in [0.4, 0.5) is 0 Å². The third kappa shape index (κ3) is 2.79. The van der Waals surface area contributed by atoms with Crippen molar-refractivity contribution in [1.82, 2.24) is 19.7 Å². The zero-order valence-electron chi connectivity index (χ0n) is 10.3. The molecule has 1 unspecified atom stereocenters. The first kappa shape index (κ1) is 13.0. The summed E-state index contributed by atoms with van der Waals surface area (Å²) in [6.45, 7) is 2.20. The van der Waals surface area contributed by atoms with E-state index in [0.29, 0.717) is 32.7 Å². The van der Waals surface area contributed by atoms with E-state index in [0.717, 1.165) is 15.9 Å². The molecule has 2 aromatic rings. The molecule has 1 atom stereocenters. The lowest BCUT2D eigenvalue weighted by molar-refractivity contribution is 0.0268. The maximum atomic E-state index is 10.1. The molecule has 1 fully saturated rings. The molecule has 0 bridgehead atoms. The standard InChI is InChI=1S/C12H15BrN4O2/c13-10-6-17-9(4-16-11(17)5-15-10)3-14-7-12(18)1-2-19-8-12/h4-6,14,18H,1-3,7-8H2. The fourth-order valence-electron chi connectivity index (χ4n) is 2.21. The summed E-state index contributed by atoms with van der Waals surface area (Å²) in [6.07, 6.45) is 6.09. The van der Waals surface area contributed by atoms with Crippen molar-refractivity contribution in [3.8, 4) is 0 Å². The van der Waals surface area contributed by atoms with Crippen LogP contribution in [-0.4, -0.2) is 44.8 Å². The Morgan fingerprint density at radius 2 is 2.37 bits per heavy atom. The Hall–Kier alpha value is -1.02. The Morgan fingerprint density at radius 1 is 1.47 bits per heavy atom. The molecular weight excluding hydrogens is 312 g/mol. The monoisotopic (exact) mass is 326 g/mol. The number of rotatable bonds is 4. The van der Waals surface area contributed by atoms with Gasteiger partial charge in [0.2, 0.25) is 0 Å². The maximum absolute atomic E-state index is 10.1. The highest BCUT2D eigenvalue weighted by atomic mass is 79.9. The van der Waals surface area contributed by atoms with Gasteiger partial charge in [0.1, 0.15) is 10.2 Å². The number of halogens is 1. The molecule has 3 rings (SSSR count). The molecular formula is C12H15BrN4O2. The molecule has 0 saturated carbocycles. The van der Waals surface area contributed by atoms with Crippen LogP contribution >= 0.6 is 15.9 Å². The average Bonchev–Trinajstić information content (AvgIpc) is 2.97. The predicted molar refractivity (Wildman–Crippen MR) is 72.8 cm³/mol. The van der Waals surface area contributed by atoms with Gasteiger partial charge in [-0.1, -0.05) is 0 Å². The zero-order chi connectivity index (χ0) is 13.3. The summed E-state index contributed by atoms with van der Waals surface area (Å²) >= 11 is 3.35. The van der Waals surface area contributed by atoms with Gasteiger partial charge in [0, 0.05) is 32.3 Å². The molecule has 7 heteroatoms. The van der Waals surface area contributed by atoms with E-state index in [1.54, 1.807) is 6.20 Å². The molecule has 1 aliphatic rings. The summed E-state index contributed by atoms with van der Waals surface area (Å²) < 4.78 is 7.95. The van der Waals surface area contributed by atoms with Crippen LogP contribution < -0.4 is 5.32 Å². The van der Waals surface area contributed by atoms with Crippen LogP contribution in [-0.2, 0) is 11.3 Å². The normalized spacial score (nSPS) is 23.3.